The van der Waals surface area contributed by atoms with Crippen molar-refractivity contribution in [3.63, 3.8) is 0 Å². The Kier molecular flexibility index (Phi) is 6.52. The van der Waals surface area contributed by atoms with Gasteiger partial charge >= 0.3 is 0 Å². The number of anilines is 1. The van der Waals surface area contributed by atoms with Gasteiger partial charge in [0.1, 0.15) is 0 Å². The molecule has 2 N–H and O–H groups in total. The Morgan fingerprint density at radius 2 is 2.24 bits per heavy atom. The van der Waals surface area contributed by atoms with E-state index in [1.807, 2.05) is 0 Å². The molecule has 0 radical (unpaired) electrons. The third-order valence-corrected chi connectivity index (χ3v) is 4.98. The molecule has 1 fully saturated rings. The van der Waals surface area contributed by atoms with Gasteiger partial charge in [-0.1, -0.05) is 28.9 Å². The van der Waals surface area contributed by atoms with Gasteiger partial charge in [-0.2, -0.15) is 0 Å². The first-order chi connectivity index (χ1) is 10.1. The number of halogens is 1. The van der Waals surface area contributed by atoms with E-state index in [9.17, 15) is 0 Å². The Bertz CT molecular complexity index is 446. The van der Waals surface area contributed by atoms with Crippen molar-refractivity contribution in [1.29, 1.82) is 0 Å². The van der Waals surface area contributed by atoms with Crippen molar-refractivity contribution in [3.8, 4) is 0 Å². The van der Waals surface area contributed by atoms with Crippen molar-refractivity contribution in [2.75, 3.05) is 24.6 Å². The molecule has 0 aromatic heterocycles. The predicted molar refractivity (Wildman–Crippen MR) is 93.0 cm³/mol. The molecule has 1 heterocycles. The first kappa shape index (κ1) is 16.8. The van der Waals surface area contributed by atoms with Gasteiger partial charge in [-0.05, 0) is 50.3 Å². The number of likely N-dealkylation sites (N-methyl/N-ethyl adjacent to an activating group) is 1. The van der Waals surface area contributed by atoms with Crippen LogP contribution in [-0.4, -0.2) is 31.8 Å². The number of ether oxygens (including phenoxy) is 1. The number of hydrogen-bond acceptors (Lipinski definition) is 3. The summed E-state index contributed by atoms with van der Waals surface area (Å²) in [6.45, 7) is 7.23. The molecule has 0 saturated carbocycles. The van der Waals surface area contributed by atoms with Crippen LogP contribution in [0.5, 0.6) is 0 Å². The molecule has 2 rings (SSSR count). The second-order valence-corrected chi connectivity index (χ2v) is 6.68. The highest BCUT2D eigenvalue weighted by Crippen LogP contribution is 2.26. The highest BCUT2D eigenvalue weighted by Gasteiger charge is 2.19. The van der Waals surface area contributed by atoms with E-state index in [0.29, 0.717) is 6.10 Å². The smallest absolute Gasteiger partial charge is 0.0750 e. The van der Waals surface area contributed by atoms with Gasteiger partial charge in [-0.25, -0.2) is 0 Å². The van der Waals surface area contributed by atoms with E-state index in [0.717, 1.165) is 37.0 Å². The fourth-order valence-corrected chi connectivity index (χ4v) is 3.31. The number of nitrogens with two attached hydrogens (primary N) is 1. The lowest BCUT2D eigenvalue weighted by Crippen LogP contribution is -2.32. The van der Waals surface area contributed by atoms with Crippen molar-refractivity contribution in [1.82, 2.24) is 0 Å². The van der Waals surface area contributed by atoms with Gasteiger partial charge < -0.3 is 15.4 Å². The molecule has 1 aliphatic rings. The van der Waals surface area contributed by atoms with Crippen LogP contribution in [0.4, 0.5) is 5.69 Å². The van der Waals surface area contributed by atoms with Crippen LogP contribution in [0, 0.1) is 0 Å². The number of hydrogen-bond donors (Lipinski definition) is 1. The lowest BCUT2D eigenvalue weighted by molar-refractivity contribution is 0.115. The van der Waals surface area contributed by atoms with Gasteiger partial charge in [0.05, 0.1) is 6.10 Å². The summed E-state index contributed by atoms with van der Waals surface area (Å²) in [6.07, 6.45) is 4.70. The summed E-state index contributed by atoms with van der Waals surface area (Å²) in [5.41, 5.74) is 8.61. The first-order valence-corrected chi connectivity index (χ1v) is 8.83. The minimum atomic E-state index is 0.237. The molecule has 4 heteroatoms. The van der Waals surface area contributed by atoms with Crippen LogP contribution in [-0.2, 0) is 11.2 Å². The second kappa shape index (κ2) is 8.16. The monoisotopic (exact) mass is 354 g/mol. The maximum Gasteiger partial charge on any atom is 0.0750 e. The quantitative estimate of drug-likeness (QED) is 0.810. The van der Waals surface area contributed by atoms with Gasteiger partial charge in [-0.3, -0.25) is 0 Å². The second-order valence-electron chi connectivity index (χ2n) is 5.82. The maximum atomic E-state index is 6.06. The molecule has 1 aromatic rings. The van der Waals surface area contributed by atoms with Gasteiger partial charge in [0.25, 0.3) is 0 Å². The van der Waals surface area contributed by atoms with Crippen molar-refractivity contribution in [2.45, 2.75) is 51.7 Å². The summed E-state index contributed by atoms with van der Waals surface area (Å²) in [5, 5.41) is 0. The molecule has 0 spiro atoms. The summed E-state index contributed by atoms with van der Waals surface area (Å²) in [4.78, 5) is 2.39. The fraction of sp³-hybridized carbons (Fsp3) is 0.647. The summed E-state index contributed by atoms with van der Waals surface area (Å²) < 4.78 is 6.92. The summed E-state index contributed by atoms with van der Waals surface area (Å²) >= 11 is 3.70. The van der Waals surface area contributed by atoms with Crippen molar-refractivity contribution in [3.05, 3.63) is 28.2 Å². The minimum Gasteiger partial charge on any atom is -0.376 e. The zero-order valence-corrected chi connectivity index (χ0v) is 14.7. The first-order valence-electron chi connectivity index (χ1n) is 8.04. The maximum absolute atomic E-state index is 6.06. The lowest BCUT2D eigenvalue weighted by Gasteiger charge is -2.26. The highest BCUT2D eigenvalue weighted by atomic mass is 79.9. The highest BCUT2D eigenvalue weighted by molar-refractivity contribution is 9.10. The largest absolute Gasteiger partial charge is 0.376 e. The van der Waals surface area contributed by atoms with E-state index in [-0.39, 0.29) is 6.04 Å². The summed E-state index contributed by atoms with van der Waals surface area (Å²) in [7, 11) is 0. The molecule has 21 heavy (non-hydrogen) atoms. The van der Waals surface area contributed by atoms with E-state index in [2.05, 4.69) is 52.9 Å². The Balaban J connectivity index is 2.05. The molecule has 0 amide bonds. The van der Waals surface area contributed by atoms with Crippen molar-refractivity contribution in [2.24, 2.45) is 5.73 Å². The molecule has 3 nitrogen and oxygen atoms in total. The Morgan fingerprint density at radius 1 is 1.43 bits per heavy atom. The van der Waals surface area contributed by atoms with Crippen LogP contribution < -0.4 is 10.6 Å². The SMILES string of the molecule is CCC(N)Cc1ccc(N(CC)CC2CCCO2)cc1Br. The van der Waals surface area contributed by atoms with E-state index in [1.165, 1.54) is 24.1 Å². The van der Waals surface area contributed by atoms with Crippen LogP contribution in [0.1, 0.15) is 38.7 Å². The standard InChI is InChI=1S/C17H27BrN2O/c1-3-14(19)10-13-7-8-15(11-17(13)18)20(4-2)12-16-6-5-9-21-16/h7-8,11,14,16H,3-6,9-10,12,19H2,1-2H3. The average molecular weight is 355 g/mol. The van der Waals surface area contributed by atoms with Crippen LogP contribution in [0.3, 0.4) is 0 Å². The van der Waals surface area contributed by atoms with E-state index >= 15 is 0 Å². The molecule has 2 unspecified atom stereocenters. The normalized spacial score (nSPS) is 19.7. The molecule has 1 aromatic carbocycles. The molecule has 0 bridgehead atoms. The molecular formula is C17H27BrN2O. The van der Waals surface area contributed by atoms with E-state index in [4.69, 9.17) is 10.5 Å². The Morgan fingerprint density at radius 3 is 2.81 bits per heavy atom. The fourth-order valence-electron chi connectivity index (χ4n) is 2.78. The Labute approximate surface area is 137 Å². The minimum absolute atomic E-state index is 0.237. The van der Waals surface area contributed by atoms with Crippen molar-refractivity contribution >= 4 is 21.6 Å². The van der Waals surface area contributed by atoms with Crippen LogP contribution in [0.25, 0.3) is 0 Å². The van der Waals surface area contributed by atoms with E-state index in [1.54, 1.807) is 0 Å². The zero-order valence-electron chi connectivity index (χ0n) is 13.1. The number of benzene rings is 1. The molecular weight excluding hydrogens is 328 g/mol. The van der Waals surface area contributed by atoms with Crippen LogP contribution in [0.15, 0.2) is 22.7 Å². The predicted octanol–water partition coefficient (Wildman–Crippen LogP) is 3.73. The third kappa shape index (κ3) is 4.70. The molecule has 1 saturated heterocycles. The van der Waals surface area contributed by atoms with Gasteiger partial charge in [-0.15, -0.1) is 0 Å². The van der Waals surface area contributed by atoms with Crippen LogP contribution in [0.2, 0.25) is 0 Å². The zero-order chi connectivity index (χ0) is 15.2. The van der Waals surface area contributed by atoms with E-state index < -0.39 is 0 Å². The molecule has 1 aliphatic heterocycles. The average Bonchev–Trinajstić information content (AvgIpc) is 2.99. The lowest BCUT2D eigenvalue weighted by atomic mass is 10.0. The van der Waals surface area contributed by atoms with Crippen molar-refractivity contribution < 1.29 is 4.74 Å². The number of nitrogens with zero attached hydrogens (tertiary/aromatic N) is 1. The Hall–Kier alpha value is -0.580. The third-order valence-electron chi connectivity index (χ3n) is 4.24. The topological polar surface area (TPSA) is 38.5 Å². The summed E-state index contributed by atoms with van der Waals surface area (Å²) in [5.74, 6) is 0. The van der Waals surface area contributed by atoms with Gasteiger partial charge in [0.2, 0.25) is 0 Å². The summed E-state index contributed by atoms with van der Waals surface area (Å²) in [6, 6.07) is 6.87. The van der Waals surface area contributed by atoms with Gasteiger partial charge in [0.15, 0.2) is 0 Å². The molecule has 0 aliphatic carbocycles. The molecule has 2 atom stereocenters. The van der Waals surface area contributed by atoms with Crippen LogP contribution >= 0.6 is 15.9 Å². The number of rotatable bonds is 7. The molecule has 118 valence electrons. The van der Waals surface area contributed by atoms with Gasteiger partial charge in [0, 0.05) is 35.9 Å².